The number of rotatable bonds is 6. The molecule has 0 aliphatic heterocycles. The van der Waals surface area contributed by atoms with Crippen molar-refractivity contribution in [2.45, 2.75) is 38.5 Å². The van der Waals surface area contributed by atoms with Crippen LogP contribution < -0.4 is 5.32 Å². The SMILES string of the molecule is CCCc1nsc(NCC(Cl)CC)n1. The quantitative estimate of drug-likeness (QED) is 0.768. The number of aromatic nitrogens is 2. The van der Waals surface area contributed by atoms with E-state index >= 15 is 0 Å². The molecule has 0 bridgehead atoms. The van der Waals surface area contributed by atoms with E-state index in [9.17, 15) is 0 Å². The van der Waals surface area contributed by atoms with E-state index in [2.05, 4.69) is 28.5 Å². The fourth-order valence-electron chi connectivity index (χ4n) is 0.993. The molecule has 0 aliphatic carbocycles. The summed E-state index contributed by atoms with van der Waals surface area (Å²) in [7, 11) is 0. The van der Waals surface area contributed by atoms with Gasteiger partial charge in [0.25, 0.3) is 0 Å². The van der Waals surface area contributed by atoms with Crippen LogP contribution in [0, 0.1) is 0 Å². The van der Waals surface area contributed by atoms with Gasteiger partial charge in [0.15, 0.2) is 0 Å². The van der Waals surface area contributed by atoms with Gasteiger partial charge in [-0.2, -0.15) is 4.37 Å². The first-order chi connectivity index (χ1) is 6.76. The van der Waals surface area contributed by atoms with Crippen LogP contribution in [0.25, 0.3) is 0 Å². The van der Waals surface area contributed by atoms with Crippen molar-refractivity contribution in [2.75, 3.05) is 11.9 Å². The topological polar surface area (TPSA) is 37.8 Å². The first-order valence-corrected chi connectivity index (χ1v) is 6.17. The second-order valence-corrected chi connectivity index (χ2v) is 4.52. The van der Waals surface area contributed by atoms with Crippen molar-refractivity contribution in [3.8, 4) is 0 Å². The minimum absolute atomic E-state index is 0.175. The van der Waals surface area contributed by atoms with Crippen molar-refractivity contribution in [3.63, 3.8) is 0 Å². The van der Waals surface area contributed by atoms with Crippen LogP contribution in [0.3, 0.4) is 0 Å². The zero-order valence-electron chi connectivity index (χ0n) is 8.59. The van der Waals surface area contributed by atoms with Gasteiger partial charge in [-0.3, -0.25) is 0 Å². The molecule has 1 rings (SSSR count). The summed E-state index contributed by atoms with van der Waals surface area (Å²) in [6.45, 7) is 4.96. The van der Waals surface area contributed by atoms with E-state index in [1.807, 2.05) is 0 Å². The molecule has 1 atom stereocenters. The van der Waals surface area contributed by atoms with E-state index in [4.69, 9.17) is 11.6 Å². The highest BCUT2D eigenvalue weighted by Gasteiger charge is 2.05. The molecule has 0 aromatic carbocycles. The molecule has 0 aliphatic rings. The summed E-state index contributed by atoms with van der Waals surface area (Å²) in [6.07, 6.45) is 3.01. The van der Waals surface area contributed by atoms with Crippen LogP contribution in [0.5, 0.6) is 0 Å². The number of nitrogens with one attached hydrogen (secondary N) is 1. The third-order valence-corrected chi connectivity index (χ3v) is 3.03. The number of aryl methyl sites for hydroxylation is 1. The third kappa shape index (κ3) is 3.80. The molecule has 0 saturated heterocycles. The number of anilines is 1. The minimum Gasteiger partial charge on any atom is -0.359 e. The predicted molar refractivity (Wildman–Crippen MR) is 62.3 cm³/mol. The van der Waals surface area contributed by atoms with Crippen LogP contribution in [0.2, 0.25) is 0 Å². The highest BCUT2D eigenvalue weighted by atomic mass is 35.5. The monoisotopic (exact) mass is 233 g/mol. The molecule has 0 saturated carbocycles. The molecule has 5 heteroatoms. The van der Waals surface area contributed by atoms with Crippen molar-refractivity contribution in [1.29, 1.82) is 0 Å². The number of alkyl halides is 1. The molecule has 80 valence electrons. The molecule has 14 heavy (non-hydrogen) atoms. The smallest absolute Gasteiger partial charge is 0.202 e. The first kappa shape index (κ1) is 11.7. The van der Waals surface area contributed by atoms with E-state index in [1.54, 1.807) is 0 Å². The lowest BCUT2D eigenvalue weighted by Crippen LogP contribution is -2.12. The fourth-order valence-corrected chi connectivity index (χ4v) is 1.69. The Hall–Kier alpha value is -0.350. The molecule has 1 unspecified atom stereocenters. The Balaban J connectivity index is 2.35. The average molecular weight is 234 g/mol. The summed E-state index contributed by atoms with van der Waals surface area (Å²) in [5.41, 5.74) is 0. The second kappa shape index (κ2) is 6.19. The van der Waals surface area contributed by atoms with Crippen LogP contribution in [-0.4, -0.2) is 21.3 Å². The summed E-state index contributed by atoms with van der Waals surface area (Å²) in [6, 6.07) is 0. The van der Waals surface area contributed by atoms with E-state index in [0.717, 1.165) is 36.8 Å². The molecule has 0 fully saturated rings. The van der Waals surface area contributed by atoms with Crippen LogP contribution in [0.1, 0.15) is 32.5 Å². The second-order valence-electron chi connectivity index (χ2n) is 3.15. The summed E-state index contributed by atoms with van der Waals surface area (Å²) in [5, 5.41) is 4.24. The average Bonchev–Trinajstić information content (AvgIpc) is 2.63. The normalized spacial score (nSPS) is 12.8. The molecule has 1 aromatic rings. The van der Waals surface area contributed by atoms with Crippen molar-refractivity contribution >= 4 is 28.3 Å². The number of hydrogen-bond acceptors (Lipinski definition) is 4. The van der Waals surface area contributed by atoms with Gasteiger partial charge in [-0.15, -0.1) is 11.6 Å². The summed E-state index contributed by atoms with van der Waals surface area (Å²) >= 11 is 7.39. The Kier molecular flexibility index (Phi) is 5.19. The standard InChI is InChI=1S/C9H16ClN3S/c1-3-5-8-12-9(14-13-8)11-6-7(10)4-2/h7H,3-6H2,1-2H3,(H,11,12,13). The zero-order valence-corrected chi connectivity index (χ0v) is 10.2. The highest BCUT2D eigenvalue weighted by molar-refractivity contribution is 7.09. The molecule has 1 N–H and O–H groups in total. The van der Waals surface area contributed by atoms with Crippen LogP contribution in [-0.2, 0) is 6.42 Å². The van der Waals surface area contributed by atoms with Crippen molar-refractivity contribution < 1.29 is 0 Å². The van der Waals surface area contributed by atoms with E-state index in [-0.39, 0.29) is 5.38 Å². The predicted octanol–water partition coefficient (Wildman–Crippen LogP) is 2.92. The van der Waals surface area contributed by atoms with Crippen molar-refractivity contribution in [2.24, 2.45) is 0 Å². The lowest BCUT2D eigenvalue weighted by Gasteiger charge is -2.05. The molecule has 0 radical (unpaired) electrons. The lowest BCUT2D eigenvalue weighted by atomic mass is 10.3. The van der Waals surface area contributed by atoms with Gasteiger partial charge in [-0.05, 0) is 12.8 Å². The maximum atomic E-state index is 5.98. The summed E-state index contributed by atoms with van der Waals surface area (Å²) in [4.78, 5) is 4.34. The van der Waals surface area contributed by atoms with Gasteiger partial charge in [0.1, 0.15) is 5.82 Å². The number of halogens is 1. The molecule has 1 heterocycles. The Morgan fingerprint density at radius 2 is 2.29 bits per heavy atom. The summed E-state index contributed by atoms with van der Waals surface area (Å²) in [5.74, 6) is 0.933. The van der Waals surface area contributed by atoms with E-state index in [1.165, 1.54) is 11.5 Å². The Morgan fingerprint density at radius 3 is 2.93 bits per heavy atom. The third-order valence-electron chi connectivity index (χ3n) is 1.86. The zero-order chi connectivity index (χ0) is 10.4. The van der Waals surface area contributed by atoms with Crippen LogP contribution >= 0.6 is 23.1 Å². The lowest BCUT2D eigenvalue weighted by molar-refractivity contribution is 0.836. The largest absolute Gasteiger partial charge is 0.359 e. The maximum absolute atomic E-state index is 5.98. The van der Waals surface area contributed by atoms with Crippen molar-refractivity contribution in [3.05, 3.63) is 5.82 Å². The fraction of sp³-hybridized carbons (Fsp3) is 0.778. The van der Waals surface area contributed by atoms with Gasteiger partial charge < -0.3 is 5.32 Å². The molecule has 3 nitrogen and oxygen atoms in total. The Bertz CT molecular complexity index is 264. The van der Waals surface area contributed by atoms with Gasteiger partial charge in [-0.1, -0.05) is 13.8 Å². The molecule has 0 amide bonds. The van der Waals surface area contributed by atoms with E-state index < -0.39 is 0 Å². The Labute approximate surface area is 94.1 Å². The van der Waals surface area contributed by atoms with E-state index in [0.29, 0.717) is 0 Å². The van der Waals surface area contributed by atoms with Gasteiger partial charge >= 0.3 is 0 Å². The van der Waals surface area contributed by atoms with Gasteiger partial charge in [0, 0.05) is 24.5 Å². The number of hydrogen-bond donors (Lipinski definition) is 1. The van der Waals surface area contributed by atoms with Gasteiger partial charge in [0.2, 0.25) is 5.13 Å². The van der Waals surface area contributed by atoms with Crippen LogP contribution in [0.15, 0.2) is 0 Å². The molecule has 1 aromatic heterocycles. The van der Waals surface area contributed by atoms with Gasteiger partial charge in [0.05, 0.1) is 5.38 Å². The van der Waals surface area contributed by atoms with Crippen molar-refractivity contribution in [1.82, 2.24) is 9.36 Å². The van der Waals surface area contributed by atoms with Gasteiger partial charge in [-0.25, -0.2) is 4.98 Å². The Morgan fingerprint density at radius 1 is 1.50 bits per heavy atom. The molecular formula is C9H16ClN3S. The molecule has 0 spiro atoms. The molecular weight excluding hydrogens is 218 g/mol. The number of nitrogens with zero attached hydrogens (tertiary/aromatic N) is 2. The summed E-state index contributed by atoms with van der Waals surface area (Å²) < 4.78 is 4.23. The first-order valence-electron chi connectivity index (χ1n) is 4.96. The maximum Gasteiger partial charge on any atom is 0.202 e. The highest BCUT2D eigenvalue weighted by Crippen LogP contribution is 2.13. The minimum atomic E-state index is 0.175. The van der Waals surface area contributed by atoms with Crippen LogP contribution in [0.4, 0.5) is 5.13 Å².